The van der Waals surface area contributed by atoms with E-state index in [2.05, 4.69) is 21.2 Å². The third-order valence-corrected chi connectivity index (χ3v) is 4.59. The van der Waals surface area contributed by atoms with Crippen molar-refractivity contribution in [3.8, 4) is 0 Å². The SMILES string of the molecule is Nc1cc(Br)ccc1C(=O)NCC1CCC(c2ccc(F)cc2)O1. The fourth-order valence-corrected chi connectivity index (χ4v) is 3.20. The smallest absolute Gasteiger partial charge is 0.253 e. The van der Waals surface area contributed by atoms with Gasteiger partial charge in [-0.2, -0.15) is 0 Å². The molecule has 126 valence electrons. The van der Waals surface area contributed by atoms with Crippen molar-refractivity contribution in [2.45, 2.75) is 25.0 Å². The lowest BCUT2D eigenvalue weighted by Gasteiger charge is -2.15. The van der Waals surface area contributed by atoms with Gasteiger partial charge in [-0.25, -0.2) is 4.39 Å². The number of amides is 1. The van der Waals surface area contributed by atoms with Gasteiger partial charge in [0.2, 0.25) is 0 Å². The molecule has 6 heteroatoms. The molecule has 2 atom stereocenters. The number of rotatable bonds is 4. The van der Waals surface area contributed by atoms with E-state index >= 15 is 0 Å². The van der Waals surface area contributed by atoms with Gasteiger partial charge in [0.1, 0.15) is 5.82 Å². The van der Waals surface area contributed by atoms with Crippen LogP contribution in [0.15, 0.2) is 46.9 Å². The maximum absolute atomic E-state index is 13.0. The Morgan fingerprint density at radius 1 is 1.25 bits per heavy atom. The first kappa shape index (κ1) is 16.9. The highest BCUT2D eigenvalue weighted by Crippen LogP contribution is 2.32. The van der Waals surface area contributed by atoms with E-state index in [4.69, 9.17) is 10.5 Å². The summed E-state index contributed by atoms with van der Waals surface area (Å²) >= 11 is 3.32. The summed E-state index contributed by atoms with van der Waals surface area (Å²) in [6, 6.07) is 11.5. The zero-order valence-electron chi connectivity index (χ0n) is 13.0. The van der Waals surface area contributed by atoms with Crippen molar-refractivity contribution in [1.82, 2.24) is 5.32 Å². The van der Waals surface area contributed by atoms with E-state index in [1.807, 2.05) is 0 Å². The van der Waals surface area contributed by atoms with Crippen molar-refractivity contribution in [2.75, 3.05) is 12.3 Å². The van der Waals surface area contributed by atoms with Crippen LogP contribution in [0.4, 0.5) is 10.1 Å². The minimum atomic E-state index is -0.257. The molecule has 24 heavy (non-hydrogen) atoms. The standard InChI is InChI=1S/C18H18BrFN2O2/c19-12-3-7-15(16(21)9-12)18(23)22-10-14-6-8-17(24-14)11-1-4-13(20)5-2-11/h1-5,7,9,14,17H,6,8,10,21H2,(H,22,23). The quantitative estimate of drug-likeness (QED) is 0.777. The molecule has 0 spiro atoms. The van der Waals surface area contributed by atoms with Gasteiger partial charge in [0.25, 0.3) is 5.91 Å². The second kappa shape index (κ2) is 7.32. The Labute approximate surface area is 148 Å². The van der Waals surface area contributed by atoms with Crippen molar-refractivity contribution in [3.05, 3.63) is 63.9 Å². The number of halogens is 2. The van der Waals surface area contributed by atoms with E-state index in [0.717, 1.165) is 22.9 Å². The third kappa shape index (κ3) is 3.94. The Balaban J connectivity index is 1.54. The van der Waals surface area contributed by atoms with Crippen LogP contribution in [0.5, 0.6) is 0 Å². The van der Waals surface area contributed by atoms with Crippen LogP contribution in [-0.4, -0.2) is 18.6 Å². The largest absolute Gasteiger partial charge is 0.398 e. The van der Waals surface area contributed by atoms with Gasteiger partial charge in [0.15, 0.2) is 0 Å². The average Bonchev–Trinajstić information content (AvgIpc) is 3.02. The molecule has 4 nitrogen and oxygen atoms in total. The molecule has 0 bridgehead atoms. The molecule has 2 unspecified atom stereocenters. The number of hydrogen-bond acceptors (Lipinski definition) is 3. The molecule has 3 N–H and O–H groups in total. The summed E-state index contributed by atoms with van der Waals surface area (Å²) in [5, 5.41) is 2.86. The Bertz CT molecular complexity index is 736. The van der Waals surface area contributed by atoms with Crippen molar-refractivity contribution in [3.63, 3.8) is 0 Å². The number of ether oxygens (including phenoxy) is 1. The maximum atomic E-state index is 13.0. The predicted octanol–water partition coefficient (Wildman–Crippen LogP) is 3.82. The van der Waals surface area contributed by atoms with Gasteiger partial charge in [-0.3, -0.25) is 4.79 Å². The molecule has 1 saturated heterocycles. The van der Waals surface area contributed by atoms with E-state index in [0.29, 0.717) is 17.8 Å². The number of nitrogens with two attached hydrogens (primary N) is 1. The van der Waals surface area contributed by atoms with Gasteiger partial charge in [-0.1, -0.05) is 28.1 Å². The lowest BCUT2D eigenvalue weighted by Crippen LogP contribution is -2.32. The summed E-state index contributed by atoms with van der Waals surface area (Å²) in [6.45, 7) is 0.423. The van der Waals surface area contributed by atoms with Crippen molar-refractivity contribution in [1.29, 1.82) is 0 Å². The highest BCUT2D eigenvalue weighted by atomic mass is 79.9. The average molecular weight is 393 g/mol. The number of benzene rings is 2. The van der Waals surface area contributed by atoms with Gasteiger partial charge in [-0.05, 0) is 48.7 Å². The minimum absolute atomic E-state index is 0.0507. The Morgan fingerprint density at radius 3 is 2.71 bits per heavy atom. The molecule has 2 aromatic rings. The van der Waals surface area contributed by atoms with Crippen LogP contribution in [0.2, 0.25) is 0 Å². The maximum Gasteiger partial charge on any atom is 0.253 e. The molecule has 0 aliphatic carbocycles. The summed E-state index contributed by atoms with van der Waals surface area (Å²) in [6.07, 6.45) is 1.59. The van der Waals surface area contributed by atoms with Crippen LogP contribution in [-0.2, 0) is 4.74 Å². The van der Waals surface area contributed by atoms with Gasteiger partial charge >= 0.3 is 0 Å². The molecule has 0 saturated carbocycles. The first-order chi connectivity index (χ1) is 11.5. The van der Waals surface area contributed by atoms with Gasteiger partial charge < -0.3 is 15.8 Å². The highest BCUT2D eigenvalue weighted by Gasteiger charge is 2.27. The van der Waals surface area contributed by atoms with Crippen LogP contribution < -0.4 is 11.1 Å². The molecule has 1 amide bonds. The molecular weight excluding hydrogens is 375 g/mol. The van der Waals surface area contributed by atoms with E-state index in [9.17, 15) is 9.18 Å². The van der Waals surface area contributed by atoms with Crippen LogP contribution in [0.25, 0.3) is 0 Å². The lowest BCUT2D eigenvalue weighted by atomic mass is 10.1. The fourth-order valence-electron chi connectivity index (χ4n) is 2.82. The number of anilines is 1. The Morgan fingerprint density at radius 2 is 2.00 bits per heavy atom. The number of carbonyl (C=O) groups is 1. The number of hydrogen-bond donors (Lipinski definition) is 2. The normalized spacial score (nSPS) is 20.1. The van der Waals surface area contributed by atoms with Crippen LogP contribution in [0.3, 0.4) is 0 Å². The molecule has 0 radical (unpaired) electrons. The summed E-state index contributed by atoms with van der Waals surface area (Å²) < 4.78 is 19.8. The number of nitrogen functional groups attached to an aromatic ring is 1. The van der Waals surface area contributed by atoms with Gasteiger partial charge in [0, 0.05) is 16.7 Å². The predicted molar refractivity (Wildman–Crippen MR) is 94.1 cm³/mol. The monoisotopic (exact) mass is 392 g/mol. The molecule has 1 aliphatic rings. The zero-order valence-corrected chi connectivity index (χ0v) is 14.6. The second-order valence-corrected chi connectivity index (χ2v) is 6.73. The van der Waals surface area contributed by atoms with E-state index < -0.39 is 0 Å². The molecule has 2 aromatic carbocycles. The van der Waals surface area contributed by atoms with Crippen LogP contribution >= 0.6 is 15.9 Å². The topological polar surface area (TPSA) is 64.4 Å². The van der Waals surface area contributed by atoms with Gasteiger partial charge in [-0.15, -0.1) is 0 Å². The Kier molecular flexibility index (Phi) is 5.16. The molecule has 1 aliphatic heterocycles. The van der Waals surface area contributed by atoms with Crippen molar-refractivity contribution >= 4 is 27.5 Å². The summed E-state index contributed by atoms with van der Waals surface area (Å²) in [5.74, 6) is -0.471. The highest BCUT2D eigenvalue weighted by molar-refractivity contribution is 9.10. The number of carbonyl (C=O) groups excluding carboxylic acids is 1. The zero-order chi connectivity index (χ0) is 17.1. The third-order valence-electron chi connectivity index (χ3n) is 4.10. The second-order valence-electron chi connectivity index (χ2n) is 5.82. The van der Waals surface area contributed by atoms with Crippen LogP contribution in [0.1, 0.15) is 34.9 Å². The van der Waals surface area contributed by atoms with E-state index in [1.165, 1.54) is 12.1 Å². The summed E-state index contributed by atoms with van der Waals surface area (Å²) in [4.78, 5) is 12.2. The first-order valence-electron chi connectivity index (χ1n) is 7.77. The van der Waals surface area contributed by atoms with Crippen molar-refractivity contribution < 1.29 is 13.9 Å². The molecule has 0 aromatic heterocycles. The molecule has 1 fully saturated rings. The fraction of sp³-hybridized carbons (Fsp3) is 0.278. The lowest BCUT2D eigenvalue weighted by molar-refractivity contribution is 0.0435. The molecular formula is C18H18BrFN2O2. The molecule has 1 heterocycles. The van der Waals surface area contributed by atoms with E-state index in [-0.39, 0.29) is 23.9 Å². The summed E-state index contributed by atoms with van der Waals surface area (Å²) in [5.41, 5.74) is 7.70. The van der Waals surface area contributed by atoms with Crippen molar-refractivity contribution in [2.24, 2.45) is 0 Å². The first-order valence-corrected chi connectivity index (χ1v) is 8.56. The number of nitrogens with one attached hydrogen (secondary N) is 1. The summed E-state index contributed by atoms with van der Waals surface area (Å²) in [7, 11) is 0. The van der Waals surface area contributed by atoms with Crippen LogP contribution in [0, 0.1) is 5.82 Å². The molecule has 3 rings (SSSR count). The van der Waals surface area contributed by atoms with Gasteiger partial charge in [0.05, 0.1) is 17.8 Å². The minimum Gasteiger partial charge on any atom is -0.398 e. The van der Waals surface area contributed by atoms with E-state index in [1.54, 1.807) is 30.3 Å². The Hall–Kier alpha value is -1.92.